The third kappa shape index (κ3) is 8.25. The van der Waals surface area contributed by atoms with Crippen LogP contribution >= 0.6 is 0 Å². The number of nitrogens with zero attached hydrogens (tertiary/aromatic N) is 1. The van der Waals surface area contributed by atoms with Gasteiger partial charge in [0, 0.05) is 30.2 Å². The first-order valence-corrected chi connectivity index (χ1v) is 17.3. The lowest BCUT2D eigenvalue weighted by molar-refractivity contribution is -0.137. The van der Waals surface area contributed by atoms with E-state index in [1.165, 1.54) is 16.4 Å². The number of aliphatic hydroxyl groups is 1. The van der Waals surface area contributed by atoms with E-state index in [1.54, 1.807) is 48.7 Å². The maximum atomic E-state index is 14.0. The van der Waals surface area contributed by atoms with Crippen LogP contribution in [-0.4, -0.2) is 49.4 Å². The normalized spacial score (nSPS) is 13.3. The standard InChI is InChI=1S/C36H37F3N4O4S/c1-3-26-22-41-34-30(26)19-27(20-32(34)43(48(2,46)47)29-15-8-5-9-16-29)35(45)42-31(18-24-11-6-4-7-12-24)33(44)23-40-21-25-13-10-14-28(17-25)36(37,38)39/h4-17,19-20,22,31,33,40-41,44H,3,18,21,23H2,1-2H3,(H,42,45)/t31-,33+/m0/s1. The Balaban J connectivity index is 1.44. The number of para-hydroxylation sites is 1. The van der Waals surface area contributed by atoms with E-state index in [-0.39, 0.29) is 30.8 Å². The van der Waals surface area contributed by atoms with Crippen molar-refractivity contribution in [2.75, 3.05) is 17.1 Å². The minimum atomic E-state index is -4.47. The summed E-state index contributed by atoms with van der Waals surface area (Å²) >= 11 is 0. The van der Waals surface area contributed by atoms with Gasteiger partial charge in [0.25, 0.3) is 5.91 Å². The fourth-order valence-corrected chi connectivity index (χ4v) is 6.70. The Bertz CT molecular complexity index is 1970. The number of aliphatic hydroxyl groups excluding tert-OH is 1. The molecular formula is C36H37F3N4O4S. The average Bonchev–Trinajstić information content (AvgIpc) is 3.48. The molecule has 0 saturated carbocycles. The van der Waals surface area contributed by atoms with Crippen LogP contribution in [0.1, 0.15) is 39.5 Å². The van der Waals surface area contributed by atoms with Gasteiger partial charge in [-0.25, -0.2) is 12.7 Å². The van der Waals surface area contributed by atoms with Gasteiger partial charge in [0.15, 0.2) is 0 Å². The monoisotopic (exact) mass is 678 g/mol. The zero-order chi connectivity index (χ0) is 34.5. The molecule has 2 atom stereocenters. The number of H-pyrrole nitrogens is 1. The molecule has 4 N–H and O–H groups in total. The third-order valence-electron chi connectivity index (χ3n) is 8.05. The lowest BCUT2D eigenvalue weighted by atomic mass is 9.99. The molecule has 5 aromatic rings. The van der Waals surface area contributed by atoms with Crippen molar-refractivity contribution in [2.45, 2.75) is 44.6 Å². The van der Waals surface area contributed by atoms with Crippen molar-refractivity contribution in [3.63, 3.8) is 0 Å². The Morgan fingerprint density at radius 2 is 1.60 bits per heavy atom. The predicted molar refractivity (Wildman–Crippen MR) is 182 cm³/mol. The number of amides is 1. The number of benzene rings is 4. The number of hydrogen-bond acceptors (Lipinski definition) is 5. The van der Waals surface area contributed by atoms with E-state index in [9.17, 15) is 31.5 Å². The van der Waals surface area contributed by atoms with Crippen LogP contribution in [0.2, 0.25) is 0 Å². The molecule has 252 valence electrons. The molecule has 0 bridgehead atoms. The number of alkyl halides is 3. The van der Waals surface area contributed by atoms with Gasteiger partial charge in [-0.3, -0.25) is 4.79 Å². The zero-order valence-electron chi connectivity index (χ0n) is 26.5. The molecule has 0 aliphatic rings. The largest absolute Gasteiger partial charge is 0.416 e. The topological polar surface area (TPSA) is 115 Å². The summed E-state index contributed by atoms with van der Waals surface area (Å²) < 4.78 is 67.1. The third-order valence-corrected chi connectivity index (χ3v) is 9.13. The fourth-order valence-electron chi connectivity index (χ4n) is 5.69. The van der Waals surface area contributed by atoms with Crippen molar-refractivity contribution in [3.05, 3.63) is 131 Å². The molecule has 0 aliphatic heterocycles. The molecule has 12 heteroatoms. The second kappa shape index (κ2) is 14.6. The Labute approximate surface area is 277 Å². The van der Waals surface area contributed by atoms with Crippen molar-refractivity contribution in [1.82, 2.24) is 15.6 Å². The minimum Gasteiger partial charge on any atom is -0.390 e. The summed E-state index contributed by atoms with van der Waals surface area (Å²) in [5, 5.41) is 17.9. The number of sulfonamides is 1. The molecule has 48 heavy (non-hydrogen) atoms. The van der Waals surface area contributed by atoms with E-state index < -0.39 is 39.8 Å². The number of rotatable bonds is 13. The van der Waals surface area contributed by atoms with Gasteiger partial charge < -0.3 is 20.7 Å². The lowest BCUT2D eigenvalue weighted by Crippen LogP contribution is -2.48. The molecule has 1 amide bonds. The molecule has 0 aliphatic carbocycles. The lowest BCUT2D eigenvalue weighted by Gasteiger charge is -2.26. The van der Waals surface area contributed by atoms with Crippen LogP contribution in [0.3, 0.4) is 0 Å². The average molecular weight is 679 g/mol. The summed E-state index contributed by atoms with van der Waals surface area (Å²) in [7, 11) is -3.85. The van der Waals surface area contributed by atoms with E-state index in [0.717, 1.165) is 29.5 Å². The number of carbonyl (C=O) groups is 1. The van der Waals surface area contributed by atoms with Crippen LogP contribution in [0.25, 0.3) is 10.9 Å². The highest BCUT2D eigenvalue weighted by molar-refractivity contribution is 7.92. The first kappa shape index (κ1) is 34.7. The van der Waals surface area contributed by atoms with Crippen LogP contribution in [0.15, 0.2) is 103 Å². The van der Waals surface area contributed by atoms with E-state index in [1.807, 2.05) is 37.3 Å². The van der Waals surface area contributed by atoms with E-state index in [2.05, 4.69) is 15.6 Å². The van der Waals surface area contributed by atoms with Crippen LogP contribution in [0.4, 0.5) is 24.5 Å². The Kier molecular flexibility index (Phi) is 10.6. The second-order valence-corrected chi connectivity index (χ2v) is 13.4. The highest BCUT2D eigenvalue weighted by Crippen LogP contribution is 2.36. The van der Waals surface area contributed by atoms with E-state index >= 15 is 0 Å². The van der Waals surface area contributed by atoms with Crippen molar-refractivity contribution < 1.29 is 31.5 Å². The summed E-state index contributed by atoms with van der Waals surface area (Å²) in [6, 6.07) is 25.2. The summed E-state index contributed by atoms with van der Waals surface area (Å²) in [5.41, 5.74) is 2.79. The summed E-state index contributed by atoms with van der Waals surface area (Å²) in [4.78, 5) is 17.2. The first-order chi connectivity index (χ1) is 22.8. The van der Waals surface area contributed by atoms with Gasteiger partial charge >= 0.3 is 6.18 Å². The zero-order valence-corrected chi connectivity index (χ0v) is 27.3. The number of aromatic amines is 1. The number of anilines is 2. The number of fused-ring (bicyclic) bond motifs is 1. The molecule has 5 rings (SSSR count). The van der Waals surface area contributed by atoms with Crippen molar-refractivity contribution in [2.24, 2.45) is 0 Å². The summed E-state index contributed by atoms with van der Waals surface area (Å²) in [6.07, 6.45) is -1.82. The van der Waals surface area contributed by atoms with Gasteiger partial charge in [-0.15, -0.1) is 0 Å². The number of aryl methyl sites for hydroxylation is 1. The summed E-state index contributed by atoms with van der Waals surface area (Å²) in [5.74, 6) is -0.527. The maximum Gasteiger partial charge on any atom is 0.416 e. The maximum absolute atomic E-state index is 14.0. The number of carbonyl (C=O) groups excluding carboxylic acids is 1. The molecule has 0 saturated heterocycles. The van der Waals surface area contributed by atoms with Crippen molar-refractivity contribution >= 4 is 38.2 Å². The smallest absolute Gasteiger partial charge is 0.390 e. The predicted octanol–water partition coefficient (Wildman–Crippen LogP) is 6.34. The van der Waals surface area contributed by atoms with Gasteiger partial charge in [0.2, 0.25) is 10.0 Å². The molecular weight excluding hydrogens is 641 g/mol. The Morgan fingerprint density at radius 3 is 2.25 bits per heavy atom. The molecule has 0 spiro atoms. The van der Waals surface area contributed by atoms with Crippen molar-refractivity contribution in [1.29, 1.82) is 0 Å². The van der Waals surface area contributed by atoms with E-state index in [4.69, 9.17) is 0 Å². The molecule has 8 nitrogen and oxygen atoms in total. The molecule has 0 unspecified atom stereocenters. The first-order valence-electron chi connectivity index (χ1n) is 15.4. The minimum absolute atomic E-state index is 0.0219. The SMILES string of the molecule is CCc1c[nH]c2c(N(c3ccccc3)S(C)(=O)=O)cc(C(=O)N[C@@H](Cc3ccccc3)[C@H](O)CNCc3cccc(C(F)(F)F)c3)cc12. The number of hydrogen-bond donors (Lipinski definition) is 4. The van der Waals surface area contributed by atoms with Crippen LogP contribution < -0.4 is 14.9 Å². The van der Waals surface area contributed by atoms with Gasteiger partial charge in [-0.1, -0.05) is 73.7 Å². The van der Waals surface area contributed by atoms with E-state index in [0.29, 0.717) is 28.6 Å². The molecule has 1 heterocycles. The number of aromatic nitrogens is 1. The summed E-state index contributed by atoms with van der Waals surface area (Å²) in [6.45, 7) is 2.01. The van der Waals surface area contributed by atoms with Crippen LogP contribution in [0.5, 0.6) is 0 Å². The highest BCUT2D eigenvalue weighted by atomic mass is 32.2. The van der Waals surface area contributed by atoms with Crippen molar-refractivity contribution in [3.8, 4) is 0 Å². The van der Waals surface area contributed by atoms with Gasteiger partial charge in [0.05, 0.1) is 40.9 Å². The Morgan fingerprint density at radius 1 is 0.938 bits per heavy atom. The number of nitrogens with one attached hydrogen (secondary N) is 3. The fraction of sp³-hybridized carbons (Fsp3) is 0.250. The quantitative estimate of drug-likeness (QED) is 0.116. The molecule has 4 aromatic carbocycles. The highest BCUT2D eigenvalue weighted by Gasteiger charge is 2.31. The van der Waals surface area contributed by atoms with Gasteiger partial charge in [-0.05, 0) is 59.9 Å². The van der Waals surface area contributed by atoms with Crippen LogP contribution in [-0.2, 0) is 35.6 Å². The Hall–Kier alpha value is -4.65. The van der Waals surface area contributed by atoms with Gasteiger partial charge in [0.1, 0.15) is 0 Å². The van der Waals surface area contributed by atoms with Crippen LogP contribution in [0, 0.1) is 0 Å². The number of halogens is 3. The molecule has 1 aromatic heterocycles. The molecule has 0 radical (unpaired) electrons. The molecule has 0 fully saturated rings. The van der Waals surface area contributed by atoms with Gasteiger partial charge in [-0.2, -0.15) is 13.2 Å². The second-order valence-electron chi connectivity index (χ2n) is 11.6.